The fraction of sp³-hybridized carbons (Fsp3) is 0.786. The molecule has 0 spiro atoms. The SMILES string of the molecule is CCn1nccc1CN1CC2CCCC(N)C2C1. The number of hydrogen-bond acceptors (Lipinski definition) is 3. The minimum atomic E-state index is 0.435. The molecule has 100 valence electrons. The Kier molecular flexibility index (Phi) is 3.39. The maximum absolute atomic E-state index is 6.27. The molecule has 1 aromatic heterocycles. The van der Waals surface area contributed by atoms with Gasteiger partial charge in [-0.2, -0.15) is 5.10 Å². The zero-order chi connectivity index (χ0) is 12.5. The third-order valence-corrected chi connectivity index (χ3v) is 4.72. The largest absolute Gasteiger partial charge is 0.327 e. The first-order valence-electron chi connectivity index (χ1n) is 7.26. The number of aromatic nitrogens is 2. The third-order valence-electron chi connectivity index (χ3n) is 4.72. The van der Waals surface area contributed by atoms with E-state index in [1.807, 2.05) is 6.20 Å². The van der Waals surface area contributed by atoms with Crippen LogP contribution in [-0.4, -0.2) is 33.8 Å². The van der Waals surface area contributed by atoms with Gasteiger partial charge in [-0.05, 0) is 37.7 Å². The average Bonchev–Trinajstić information content (AvgIpc) is 2.96. The Morgan fingerprint density at radius 3 is 3.06 bits per heavy atom. The summed E-state index contributed by atoms with van der Waals surface area (Å²) in [6.45, 7) is 6.56. The summed E-state index contributed by atoms with van der Waals surface area (Å²) >= 11 is 0. The number of hydrogen-bond donors (Lipinski definition) is 1. The summed E-state index contributed by atoms with van der Waals surface area (Å²) in [6, 6.07) is 2.58. The molecular formula is C14H24N4. The van der Waals surface area contributed by atoms with Gasteiger partial charge in [-0.25, -0.2) is 0 Å². The monoisotopic (exact) mass is 248 g/mol. The molecule has 4 nitrogen and oxygen atoms in total. The van der Waals surface area contributed by atoms with Gasteiger partial charge in [0.15, 0.2) is 0 Å². The van der Waals surface area contributed by atoms with Crippen LogP contribution in [0.25, 0.3) is 0 Å². The van der Waals surface area contributed by atoms with E-state index in [1.54, 1.807) is 0 Å². The summed E-state index contributed by atoms with van der Waals surface area (Å²) < 4.78 is 2.10. The van der Waals surface area contributed by atoms with Gasteiger partial charge in [-0.15, -0.1) is 0 Å². The quantitative estimate of drug-likeness (QED) is 0.881. The molecule has 2 fully saturated rings. The lowest BCUT2D eigenvalue weighted by Gasteiger charge is -2.29. The summed E-state index contributed by atoms with van der Waals surface area (Å²) in [5.41, 5.74) is 7.61. The van der Waals surface area contributed by atoms with Gasteiger partial charge < -0.3 is 5.73 Å². The molecule has 2 heterocycles. The highest BCUT2D eigenvalue weighted by Gasteiger charge is 2.38. The smallest absolute Gasteiger partial charge is 0.0524 e. The highest BCUT2D eigenvalue weighted by atomic mass is 15.3. The third kappa shape index (κ3) is 2.19. The van der Waals surface area contributed by atoms with E-state index in [0.29, 0.717) is 6.04 Å². The Balaban J connectivity index is 1.65. The van der Waals surface area contributed by atoms with Gasteiger partial charge in [0.05, 0.1) is 5.69 Å². The Morgan fingerprint density at radius 1 is 1.39 bits per heavy atom. The average molecular weight is 248 g/mol. The second kappa shape index (κ2) is 5.02. The molecule has 2 aliphatic rings. The van der Waals surface area contributed by atoms with Crippen molar-refractivity contribution in [3.8, 4) is 0 Å². The highest BCUT2D eigenvalue weighted by molar-refractivity contribution is 5.02. The predicted molar refractivity (Wildman–Crippen MR) is 72.0 cm³/mol. The van der Waals surface area contributed by atoms with Gasteiger partial charge in [-0.1, -0.05) is 6.42 Å². The van der Waals surface area contributed by atoms with Crippen LogP contribution in [0.15, 0.2) is 12.3 Å². The molecule has 3 atom stereocenters. The van der Waals surface area contributed by atoms with Gasteiger partial charge in [0.25, 0.3) is 0 Å². The summed E-state index contributed by atoms with van der Waals surface area (Å²) in [5, 5.41) is 4.35. The lowest BCUT2D eigenvalue weighted by Crippen LogP contribution is -2.38. The van der Waals surface area contributed by atoms with E-state index < -0.39 is 0 Å². The number of aryl methyl sites for hydroxylation is 1. The standard InChI is InChI=1S/C14H24N4/c1-2-18-12(6-7-16-18)9-17-8-11-4-3-5-14(15)13(11)10-17/h6-7,11,13-14H,2-5,8-10,15H2,1H3. The van der Waals surface area contributed by atoms with Gasteiger partial charge >= 0.3 is 0 Å². The molecule has 0 aromatic carbocycles. The van der Waals surface area contributed by atoms with Crippen LogP contribution in [0.3, 0.4) is 0 Å². The molecule has 1 aromatic rings. The Labute approximate surface area is 109 Å². The molecule has 0 radical (unpaired) electrons. The van der Waals surface area contributed by atoms with E-state index in [2.05, 4.69) is 27.7 Å². The molecule has 3 unspecified atom stereocenters. The number of likely N-dealkylation sites (tertiary alicyclic amines) is 1. The molecule has 0 bridgehead atoms. The maximum Gasteiger partial charge on any atom is 0.0524 e. The van der Waals surface area contributed by atoms with Crippen LogP contribution in [0.1, 0.15) is 31.9 Å². The van der Waals surface area contributed by atoms with Crippen molar-refractivity contribution in [3.05, 3.63) is 18.0 Å². The van der Waals surface area contributed by atoms with Gasteiger partial charge in [0.1, 0.15) is 0 Å². The number of fused-ring (bicyclic) bond motifs is 1. The van der Waals surface area contributed by atoms with Crippen molar-refractivity contribution in [3.63, 3.8) is 0 Å². The lowest BCUT2D eigenvalue weighted by atomic mass is 9.78. The number of nitrogens with two attached hydrogens (primary N) is 1. The van der Waals surface area contributed by atoms with Crippen molar-refractivity contribution in [2.24, 2.45) is 17.6 Å². The summed E-state index contributed by atoms with van der Waals surface area (Å²) in [7, 11) is 0. The first-order valence-corrected chi connectivity index (χ1v) is 7.26. The molecule has 1 saturated heterocycles. The molecule has 4 heteroatoms. The van der Waals surface area contributed by atoms with E-state index in [1.165, 1.54) is 38.0 Å². The molecule has 0 amide bonds. The Bertz CT molecular complexity index is 400. The van der Waals surface area contributed by atoms with E-state index in [4.69, 9.17) is 5.73 Å². The first-order chi connectivity index (χ1) is 8.78. The topological polar surface area (TPSA) is 47.1 Å². The minimum absolute atomic E-state index is 0.435. The van der Waals surface area contributed by atoms with Crippen LogP contribution in [0.4, 0.5) is 0 Å². The second-order valence-electron chi connectivity index (χ2n) is 5.85. The molecule has 1 aliphatic carbocycles. The summed E-state index contributed by atoms with van der Waals surface area (Å²) in [6.07, 6.45) is 5.83. The van der Waals surface area contributed by atoms with Crippen LogP contribution in [0.2, 0.25) is 0 Å². The van der Waals surface area contributed by atoms with Crippen LogP contribution >= 0.6 is 0 Å². The molecule has 1 aliphatic heterocycles. The van der Waals surface area contributed by atoms with Crippen LogP contribution < -0.4 is 5.73 Å². The molecule has 18 heavy (non-hydrogen) atoms. The minimum Gasteiger partial charge on any atom is -0.327 e. The Morgan fingerprint density at radius 2 is 2.28 bits per heavy atom. The normalized spacial score (nSPS) is 32.7. The number of nitrogens with zero attached hydrogens (tertiary/aromatic N) is 3. The van der Waals surface area contributed by atoms with Crippen LogP contribution in [0.5, 0.6) is 0 Å². The van der Waals surface area contributed by atoms with Crippen molar-refractivity contribution in [2.45, 2.75) is 45.3 Å². The first kappa shape index (κ1) is 12.2. The van der Waals surface area contributed by atoms with E-state index in [9.17, 15) is 0 Å². The van der Waals surface area contributed by atoms with Crippen molar-refractivity contribution in [1.82, 2.24) is 14.7 Å². The Hall–Kier alpha value is -0.870. The van der Waals surface area contributed by atoms with Crippen molar-refractivity contribution in [2.75, 3.05) is 13.1 Å². The molecular weight excluding hydrogens is 224 g/mol. The van der Waals surface area contributed by atoms with Gasteiger partial charge in [0, 0.05) is 38.4 Å². The zero-order valence-corrected chi connectivity index (χ0v) is 11.3. The van der Waals surface area contributed by atoms with Gasteiger partial charge in [-0.3, -0.25) is 9.58 Å². The fourth-order valence-corrected chi connectivity index (χ4v) is 3.75. The predicted octanol–water partition coefficient (Wildman–Crippen LogP) is 1.46. The van der Waals surface area contributed by atoms with Crippen molar-refractivity contribution in [1.29, 1.82) is 0 Å². The number of rotatable bonds is 3. The lowest BCUT2D eigenvalue weighted by molar-refractivity contribution is 0.259. The molecule has 1 saturated carbocycles. The van der Waals surface area contributed by atoms with Crippen molar-refractivity contribution < 1.29 is 0 Å². The summed E-state index contributed by atoms with van der Waals surface area (Å²) in [4.78, 5) is 2.57. The van der Waals surface area contributed by atoms with Crippen LogP contribution in [-0.2, 0) is 13.1 Å². The molecule has 2 N–H and O–H groups in total. The zero-order valence-electron chi connectivity index (χ0n) is 11.3. The maximum atomic E-state index is 6.27. The van der Waals surface area contributed by atoms with E-state index in [0.717, 1.165) is 24.9 Å². The molecule has 3 rings (SSSR count). The van der Waals surface area contributed by atoms with E-state index >= 15 is 0 Å². The van der Waals surface area contributed by atoms with Gasteiger partial charge in [0.2, 0.25) is 0 Å². The van der Waals surface area contributed by atoms with E-state index in [-0.39, 0.29) is 0 Å². The highest BCUT2D eigenvalue weighted by Crippen LogP contribution is 2.35. The fourth-order valence-electron chi connectivity index (χ4n) is 3.75. The second-order valence-corrected chi connectivity index (χ2v) is 5.85. The van der Waals surface area contributed by atoms with Crippen molar-refractivity contribution >= 4 is 0 Å². The summed E-state index contributed by atoms with van der Waals surface area (Å²) in [5.74, 6) is 1.57. The van der Waals surface area contributed by atoms with Crippen LogP contribution in [0, 0.1) is 11.8 Å².